The number of methoxy groups -OCH3 is 1. The summed E-state index contributed by atoms with van der Waals surface area (Å²) >= 11 is 1.29. The van der Waals surface area contributed by atoms with Gasteiger partial charge in [0.1, 0.15) is 0 Å². The van der Waals surface area contributed by atoms with Crippen molar-refractivity contribution in [2.75, 3.05) is 20.3 Å². The van der Waals surface area contributed by atoms with Gasteiger partial charge in [-0.15, -0.1) is 0 Å². The topological polar surface area (TPSA) is 79.1 Å². The second-order valence-corrected chi connectivity index (χ2v) is 8.98. The molecule has 0 aliphatic carbocycles. The Labute approximate surface area is 207 Å². The molecule has 0 fully saturated rings. The van der Waals surface area contributed by atoms with Crippen LogP contribution in [0.3, 0.4) is 0 Å². The number of fused-ring (bicyclic) bond motifs is 1. The molecule has 0 spiro atoms. The molecule has 0 N–H and O–H groups in total. The Morgan fingerprint density at radius 2 is 1.89 bits per heavy atom. The number of esters is 1. The molecular weight excluding hydrogens is 464 g/mol. The molecule has 0 saturated carbocycles. The average molecular weight is 493 g/mol. The van der Waals surface area contributed by atoms with E-state index in [4.69, 9.17) is 14.2 Å². The molecule has 2 heterocycles. The monoisotopic (exact) mass is 492 g/mol. The Kier molecular flexibility index (Phi) is 7.51. The summed E-state index contributed by atoms with van der Waals surface area (Å²) in [5, 5.41) is 0. The molecule has 0 bridgehead atoms. The van der Waals surface area contributed by atoms with Crippen LogP contribution in [0.1, 0.15) is 44.4 Å². The summed E-state index contributed by atoms with van der Waals surface area (Å²) in [6, 6.07) is 14.4. The summed E-state index contributed by atoms with van der Waals surface area (Å²) in [5.74, 6) is 0.807. The van der Waals surface area contributed by atoms with Crippen molar-refractivity contribution < 1.29 is 19.0 Å². The van der Waals surface area contributed by atoms with Crippen LogP contribution in [0.15, 0.2) is 69.6 Å². The van der Waals surface area contributed by atoms with Gasteiger partial charge < -0.3 is 14.2 Å². The number of rotatable bonds is 8. The number of carbonyl (C=O) groups is 1. The highest BCUT2D eigenvalue weighted by Gasteiger charge is 2.32. The fourth-order valence-electron chi connectivity index (χ4n) is 4.01. The smallest absolute Gasteiger partial charge is 0.338 e. The predicted molar refractivity (Wildman–Crippen MR) is 136 cm³/mol. The van der Waals surface area contributed by atoms with Crippen LogP contribution in [0.25, 0.3) is 6.08 Å². The molecule has 1 aliphatic heterocycles. The Bertz CT molecular complexity index is 1440. The number of carbonyl (C=O) groups excluding carboxylic acids is 1. The first-order chi connectivity index (χ1) is 17.0. The molecule has 4 rings (SSSR count). The van der Waals surface area contributed by atoms with Crippen molar-refractivity contribution >= 4 is 23.4 Å². The number of thiazole rings is 1. The highest BCUT2D eigenvalue weighted by molar-refractivity contribution is 7.07. The summed E-state index contributed by atoms with van der Waals surface area (Å²) in [5.41, 5.74) is 2.29. The molecule has 35 heavy (non-hydrogen) atoms. The first kappa shape index (κ1) is 24.5. The van der Waals surface area contributed by atoms with Crippen molar-refractivity contribution in [1.29, 1.82) is 0 Å². The van der Waals surface area contributed by atoms with Crippen LogP contribution in [0.5, 0.6) is 11.5 Å². The van der Waals surface area contributed by atoms with E-state index in [0.717, 1.165) is 17.5 Å². The zero-order chi connectivity index (χ0) is 24.9. The van der Waals surface area contributed by atoms with Crippen molar-refractivity contribution in [2.45, 2.75) is 33.2 Å². The minimum atomic E-state index is -0.620. The maximum Gasteiger partial charge on any atom is 0.338 e. The summed E-state index contributed by atoms with van der Waals surface area (Å²) in [6.45, 7) is 6.83. The quantitative estimate of drug-likeness (QED) is 0.449. The van der Waals surface area contributed by atoms with E-state index in [2.05, 4.69) is 4.99 Å². The van der Waals surface area contributed by atoms with E-state index in [-0.39, 0.29) is 5.56 Å². The van der Waals surface area contributed by atoms with E-state index >= 15 is 0 Å². The lowest BCUT2D eigenvalue weighted by Gasteiger charge is -2.24. The summed E-state index contributed by atoms with van der Waals surface area (Å²) in [6.07, 6.45) is 2.71. The second kappa shape index (κ2) is 10.7. The van der Waals surface area contributed by atoms with Gasteiger partial charge in [0.2, 0.25) is 0 Å². The Morgan fingerprint density at radius 3 is 2.57 bits per heavy atom. The van der Waals surface area contributed by atoms with Gasteiger partial charge >= 0.3 is 5.97 Å². The molecule has 182 valence electrons. The van der Waals surface area contributed by atoms with Crippen molar-refractivity contribution in [3.05, 3.63) is 90.6 Å². The molecule has 0 amide bonds. The maximum atomic E-state index is 13.6. The molecule has 2 aromatic carbocycles. The Morgan fingerprint density at radius 1 is 1.11 bits per heavy atom. The first-order valence-electron chi connectivity index (χ1n) is 11.5. The molecule has 1 aliphatic rings. The number of nitrogens with zero attached hydrogens (tertiary/aromatic N) is 2. The van der Waals surface area contributed by atoms with Crippen LogP contribution in [0.4, 0.5) is 0 Å². The normalized spacial score (nSPS) is 15.4. The van der Waals surface area contributed by atoms with Gasteiger partial charge in [0.15, 0.2) is 16.3 Å². The van der Waals surface area contributed by atoms with Gasteiger partial charge in [0, 0.05) is 0 Å². The molecule has 7 nitrogen and oxygen atoms in total. The average Bonchev–Trinajstić information content (AvgIpc) is 3.17. The van der Waals surface area contributed by atoms with Crippen molar-refractivity contribution in [1.82, 2.24) is 4.57 Å². The molecule has 1 unspecified atom stereocenters. The van der Waals surface area contributed by atoms with Crippen LogP contribution < -0.4 is 24.4 Å². The highest BCUT2D eigenvalue weighted by Crippen LogP contribution is 2.31. The number of hydrogen-bond acceptors (Lipinski definition) is 7. The van der Waals surface area contributed by atoms with E-state index < -0.39 is 12.0 Å². The van der Waals surface area contributed by atoms with Gasteiger partial charge in [-0.2, -0.15) is 0 Å². The van der Waals surface area contributed by atoms with E-state index in [1.54, 1.807) is 11.5 Å². The zero-order valence-corrected chi connectivity index (χ0v) is 21.1. The Hall–Kier alpha value is -3.65. The molecule has 1 aromatic heterocycles. The number of ether oxygens (including phenoxy) is 3. The van der Waals surface area contributed by atoms with Crippen LogP contribution >= 0.6 is 11.3 Å². The Balaban J connectivity index is 1.86. The number of allylic oxidation sites excluding steroid dienone is 1. The summed E-state index contributed by atoms with van der Waals surface area (Å²) in [7, 11) is 1.33. The third kappa shape index (κ3) is 4.93. The third-order valence-electron chi connectivity index (χ3n) is 5.57. The molecule has 3 aromatic rings. The molecule has 1 atom stereocenters. The van der Waals surface area contributed by atoms with E-state index in [1.807, 2.05) is 68.5 Å². The lowest BCUT2D eigenvalue weighted by molar-refractivity contribution is -0.136. The van der Waals surface area contributed by atoms with E-state index in [1.165, 1.54) is 18.4 Å². The van der Waals surface area contributed by atoms with Gasteiger partial charge in [-0.1, -0.05) is 54.7 Å². The van der Waals surface area contributed by atoms with E-state index in [9.17, 15) is 9.59 Å². The lowest BCUT2D eigenvalue weighted by Crippen LogP contribution is -2.39. The van der Waals surface area contributed by atoms with Gasteiger partial charge in [-0.25, -0.2) is 9.79 Å². The van der Waals surface area contributed by atoms with Crippen molar-refractivity contribution in [3.8, 4) is 11.5 Å². The van der Waals surface area contributed by atoms with Crippen LogP contribution in [0, 0.1) is 0 Å². The van der Waals surface area contributed by atoms with Gasteiger partial charge in [0.05, 0.1) is 42.2 Å². The third-order valence-corrected chi connectivity index (χ3v) is 6.55. The number of hydrogen-bond donors (Lipinski definition) is 0. The fourth-order valence-corrected chi connectivity index (χ4v) is 5.06. The molecule has 0 radical (unpaired) electrons. The zero-order valence-electron chi connectivity index (χ0n) is 20.2. The predicted octanol–water partition coefficient (Wildman–Crippen LogP) is 3.60. The van der Waals surface area contributed by atoms with Gasteiger partial charge in [0.25, 0.3) is 5.56 Å². The van der Waals surface area contributed by atoms with E-state index in [0.29, 0.717) is 45.3 Å². The summed E-state index contributed by atoms with van der Waals surface area (Å²) in [4.78, 5) is 31.5. The fraction of sp³-hybridized carbons (Fsp3) is 0.296. The largest absolute Gasteiger partial charge is 0.490 e. The lowest BCUT2D eigenvalue weighted by atomic mass is 9.96. The number of aromatic nitrogens is 1. The molecule has 0 saturated heterocycles. The van der Waals surface area contributed by atoms with Crippen LogP contribution in [-0.4, -0.2) is 30.9 Å². The van der Waals surface area contributed by atoms with Gasteiger partial charge in [-0.3, -0.25) is 9.36 Å². The SMILES string of the molecule is CCCOc1ccc(C=c2sc3n(c2=O)C(c2ccccc2)C(C(=O)OC)=C(C)N=3)cc1OCC. The van der Waals surface area contributed by atoms with Crippen LogP contribution in [0.2, 0.25) is 0 Å². The molecular formula is C27H28N2O5S. The summed E-state index contributed by atoms with van der Waals surface area (Å²) < 4.78 is 18.7. The van der Waals surface area contributed by atoms with Crippen molar-refractivity contribution in [2.24, 2.45) is 4.99 Å². The van der Waals surface area contributed by atoms with Crippen molar-refractivity contribution in [3.63, 3.8) is 0 Å². The molecule has 8 heteroatoms. The van der Waals surface area contributed by atoms with Crippen LogP contribution in [-0.2, 0) is 9.53 Å². The minimum Gasteiger partial charge on any atom is -0.490 e. The minimum absolute atomic E-state index is 0.222. The number of benzene rings is 2. The second-order valence-electron chi connectivity index (χ2n) is 7.97. The first-order valence-corrected chi connectivity index (χ1v) is 12.4. The maximum absolute atomic E-state index is 13.6. The highest BCUT2D eigenvalue weighted by atomic mass is 32.1. The van der Waals surface area contributed by atoms with Gasteiger partial charge in [-0.05, 0) is 49.6 Å². The standard InChI is InChI=1S/C27H28N2O5S/c1-5-14-34-20-13-12-18(15-21(20)33-6-2)16-22-25(30)29-24(19-10-8-7-9-11-19)23(26(31)32-4)17(3)28-27(29)35-22/h7-13,15-16,24H,5-6,14H2,1-4H3.